The first-order valence-electron chi connectivity index (χ1n) is 7.62. The summed E-state index contributed by atoms with van der Waals surface area (Å²) in [5.41, 5.74) is 1.41. The van der Waals surface area contributed by atoms with Gasteiger partial charge in [0, 0.05) is 29.2 Å². The molecule has 1 aromatic carbocycles. The molecule has 0 amide bonds. The first-order valence-corrected chi connectivity index (χ1v) is 7.62. The van der Waals surface area contributed by atoms with Gasteiger partial charge in [0.05, 0.1) is 5.56 Å². The number of hydrogen-bond donors (Lipinski definition) is 1. The summed E-state index contributed by atoms with van der Waals surface area (Å²) in [6.07, 6.45) is 5.49. The average molecular weight is 286 g/mol. The van der Waals surface area contributed by atoms with Crippen molar-refractivity contribution < 1.29 is 9.90 Å². The van der Waals surface area contributed by atoms with Gasteiger partial charge in [-0.25, -0.2) is 4.79 Å². The standard InChI is InChI=1S/C17H22N2O2/c1-12(15-8-5-6-10-18(15)2)19-11-14(17(20)21)13-7-3-4-9-16(13)19/h3-4,7,9,11-12,15H,5-6,8,10H2,1-2H3,(H,20,21). The molecule has 3 rings (SSSR count). The zero-order valence-corrected chi connectivity index (χ0v) is 12.6. The molecule has 0 radical (unpaired) electrons. The summed E-state index contributed by atoms with van der Waals surface area (Å²) in [6, 6.07) is 8.52. The van der Waals surface area contributed by atoms with Crippen molar-refractivity contribution in [2.45, 2.75) is 38.3 Å². The normalized spacial score (nSPS) is 21.5. The van der Waals surface area contributed by atoms with Gasteiger partial charge in [0.2, 0.25) is 0 Å². The highest BCUT2D eigenvalue weighted by Crippen LogP contribution is 2.30. The van der Waals surface area contributed by atoms with E-state index in [1.165, 1.54) is 19.3 Å². The molecule has 1 aliphatic rings. The number of nitrogens with zero attached hydrogens (tertiary/aromatic N) is 2. The van der Waals surface area contributed by atoms with Gasteiger partial charge in [-0.1, -0.05) is 24.6 Å². The monoisotopic (exact) mass is 286 g/mol. The molecule has 2 unspecified atom stereocenters. The van der Waals surface area contributed by atoms with Gasteiger partial charge < -0.3 is 14.6 Å². The van der Waals surface area contributed by atoms with Gasteiger partial charge in [0.25, 0.3) is 0 Å². The van der Waals surface area contributed by atoms with Crippen LogP contribution >= 0.6 is 0 Å². The van der Waals surface area contributed by atoms with Crippen molar-refractivity contribution in [1.82, 2.24) is 9.47 Å². The van der Waals surface area contributed by atoms with Crippen molar-refractivity contribution in [1.29, 1.82) is 0 Å². The highest BCUT2D eigenvalue weighted by molar-refractivity contribution is 6.03. The van der Waals surface area contributed by atoms with Gasteiger partial charge >= 0.3 is 5.97 Å². The number of piperidine rings is 1. The molecule has 1 saturated heterocycles. The van der Waals surface area contributed by atoms with E-state index < -0.39 is 5.97 Å². The van der Waals surface area contributed by atoms with Crippen LogP contribution in [0.1, 0.15) is 42.6 Å². The first kappa shape index (κ1) is 14.1. The van der Waals surface area contributed by atoms with Crippen LogP contribution in [-0.4, -0.2) is 40.2 Å². The van der Waals surface area contributed by atoms with Crippen LogP contribution in [0, 0.1) is 0 Å². The molecule has 0 saturated carbocycles. The minimum absolute atomic E-state index is 0.272. The lowest BCUT2D eigenvalue weighted by molar-refractivity contribution is 0.0698. The van der Waals surface area contributed by atoms with E-state index in [0.717, 1.165) is 17.4 Å². The summed E-state index contributed by atoms with van der Waals surface area (Å²) in [6.45, 7) is 3.32. The number of carboxylic acid groups (broad SMARTS) is 1. The maximum atomic E-state index is 11.5. The van der Waals surface area contributed by atoms with Crippen LogP contribution in [0.4, 0.5) is 0 Å². The molecule has 4 heteroatoms. The van der Waals surface area contributed by atoms with E-state index in [-0.39, 0.29) is 6.04 Å². The number of fused-ring (bicyclic) bond motifs is 1. The number of likely N-dealkylation sites (N-methyl/N-ethyl adjacent to an activating group) is 1. The maximum Gasteiger partial charge on any atom is 0.337 e. The number of hydrogen-bond acceptors (Lipinski definition) is 2. The van der Waals surface area contributed by atoms with E-state index in [1.807, 2.05) is 24.3 Å². The van der Waals surface area contributed by atoms with Crippen molar-refractivity contribution in [2.24, 2.45) is 0 Å². The van der Waals surface area contributed by atoms with E-state index in [1.54, 1.807) is 6.20 Å². The molecule has 1 aromatic heterocycles. The summed E-state index contributed by atoms with van der Waals surface area (Å²) in [4.78, 5) is 13.9. The number of benzene rings is 1. The van der Waals surface area contributed by atoms with Gasteiger partial charge in [0.15, 0.2) is 0 Å². The Morgan fingerprint density at radius 2 is 2.10 bits per heavy atom. The van der Waals surface area contributed by atoms with Gasteiger partial charge in [-0.2, -0.15) is 0 Å². The van der Waals surface area contributed by atoms with Gasteiger partial charge in [0.1, 0.15) is 0 Å². The van der Waals surface area contributed by atoms with Gasteiger partial charge in [-0.15, -0.1) is 0 Å². The molecule has 1 fully saturated rings. The lowest BCUT2D eigenvalue weighted by Crippen LogP contribution is -2.41. The van der Waals surface area contributed by atoms with Crippen LogP contribution in [0.5, 0.6) is 0 Å². The van der Waals surface area contributed by atoms with E-state index >= 15 is 0 Å². The van der Waals surface area contributed by atoms with Crippen LogP contribution in [0.2, 0.25) is 0 Å². The van der Waals surface area contributed by atoms with E-state index in [9.17, 15) is 9.90 Å². The number of para-hydroxylation sites is 1. The van der Waals surface area contributed by atoms with Crippen LogP contribution in [0.25, 0.3) is 10.9 Å². The van der Waals surface area contributed by atoms with E-state index in [4.69, 9.17) is 0 Å². The number of carbonyl (C=O) groups is 1. The third kappa shape index (κ3) is 2.44. The van der Waals surface area contributed by atoms with E-state index in [0.29, 0.717) is 11.6 Å². The predicted octanol–water partition coefficient (Wildman–Crippen LogP) is 3.38. The number of aromatic carboxylic acids is 1. The summed E-state index contributed by atoms with van der Waals surface area (Å²) in [5.74, 6) is -0.853. The number of carboxylic acids is 1. The Kier molecular flexibility index (Phi) is 3.72. The van der Waals surface area contributed by atoms with Crippen molar-refractivity contribution in [3.05, 3.63) is 36.0 Å². The zero-order chi connectivity index (χ0) is 15.0. The molecule has 2 atom stereocenters. The molecule has 0 bridgehead atoms. The fourth-order valence-corrected chi connectivity index (χ4v) is 3.61. The third-order valence-electron chi connectivity index (χ3n) is 4.79. The molecule has 112 valence electrons. The minimum atomic E-state index is -0.853. The molecule has 21 heavy (non-hydrogen) atoms. The quantitative estimate of drug-likeness (QED) is 0.940. The molecule has 1 aliphatic heterocycles. The Morgan fingerprint density at radius 3 is 2.81 bits per heavy atom. The van der Waals surface area contributed by atoms with Crippen LogP contribution in [0.3, 0.4) is 0 Å². The molecule has 0 spiro atoms. The zero-order valence-electron chi connectivity index (χ0n) is 12.6. The molecule has 2 heterocycles. The second-order valence-electron chi connectivity index (χ2n) is 6.06. The Labute approximate surface area is 125 Å². The van der Waals surface area contributed by atoms with Crippen LogP contribution < -0.4 is 0 Å². The number of likely N-dealkylation sites (tertiary alicyclic amines) is 1. The van der Waals surface area contributed by atoms with Gasteiger partial charge in [-0.3, -0.25) is 0 Å². The Bertz CT molecular complexity index is 662. The molecular weight excluding hydrogens is 264 g/mol. The topological polar surface area (TPSA) is 45.5 Å². The molecule has 1 N–H and O–H groups in total. The molecule has 4 nitrogen and oxygen atoms in total. The van der Waals surface area contributed by atoms with Crippen LogP contribution in [-0.2, 0) is 0 Å². The highest BCUT2D eigenvalue weighted by Gasteiger charge is 2.27. The Hall–Kier alpha value is -1.81. The van der Waals surface area contributed by atoms with Crippen molar-refractivity contribution >= 4 is 16.9 Å². The first-order chi connectivity index (χ1) is 10.1. The SMILES string of the molecule is CC(C1CCCCN1C)n1cc(C(=O)O)c2ccccc21. The summed E-state index contributed by atoms with van der Waals surface area (Å²) >= 11 is 0. The smallest absolute Gasteiger partial charge is 0.337 e. The van der Waals surface area contributed by atoms with Crippen molar-refractivity contribution in [3.63, 3.8) is 0 Å². The molecule has 2 aromatic rings. The second kappa shape index (κ2) is 5.53. The molecular formula is C17H22N2O2. The summed E-state index contributed by atoms with van der Waals surface area (Å²) < 4.78 is 2.14. The highest BCUT2D eigenvalue weighted by atomic mass is 16.4. The third-order valence-corrected chi connectivity index (χ3v) is 4.79. The van der Waals surface area contributed by atoms with Gasteiger partial charge in [-0.05, 0) is 39.4 Å². The summed E-state index contributed by atoms with van der Waals surface area (Å²) in [5, 5.41) is 10.2. The molecule has 0 aliphatic carbocycles. The lowest BCUT2D eigenvalue weighted by Gasteiger charge is -2.37. The Balaban J connectivity index is 2.05. The lowest BCUT2D eigenvalue weighted by atomic mass is 9.97. The fourth-order valence-electron chi connectivity index (χ4n) is 3.61. The Morgan fingerprint density at radius 1 is 1.33 bits per heavy atom. The van der Waals surface area contributed by atoms with E-state index in [2.05, 4.69) is 23.4 Å². The number of aromatic nitrogens is 1. The van der Waals surface area contributed by atoms with Crippen molar-refractivity contribution in [3.8, 4) is 0 Å². The largest absolute Gasteiger partial charge is 0.478 e. The fraction of sp³-hybridized carbons (Fsp3) is 0.471. The maximum absolute atomic E-state index is 11.5. The minimum Gasteiger partial charge on any atom is -0.478 e. The average Bonchev–Trinajstić information content (AvgIpc) is 2.87. The van der Waals surface area contributed by atoms with Crippen molar-refractivity contribution in [2.75, 3.05) is 13.6 Å². The van der Waals surface area contributed by atoms with Crippen LogP contribution in [0.15, 0.2) is 30.5 Å². The second-order valence-corrected chi connectivity index (χ2v) is 6.06. The number of rotatable bonds is 3. The summed E-state index contributed by atoms with van der Waals surface area (Å²) in [7, 11) is 2.17. The predicted molar refractivity (Wildman–Crippen MR) is 83.9 cm³/mol.